The largest absolute Gasteiger partial charge is 0.484 e. The molecule has 33 heavy (non-hydrogen) atoms. The molecule has 0 saturated carbocycles. The van der Waals surface area contributed by atoms with Crippen molar-refractivity contribution in [1.82, 2.24) is 0 Å². The summed E-state index contributed by atoms with van der Waals surface area (Å²) in [6.45, 7) is 6.45. The third-order valence-corrected chi connectivity index (χ3v) is 6.66. The third-order valence-electron chi connectivity index (χ3n) is 5.45. The van der Waals surface area contributed by atoms with Crippen LogP contribution >= 0.6 is 11.8 Å². The van der Waals surface area contributed by atoms with Crippen LogP contribution in [0, 0.1) is 0 Å². The van der Waals surface area contributed by atoms with Gasteiger partial charge in [0.2, 0.25) is 5.91 Å². The monoisotopic (exact) mass is 460 g/mol. The first-order valence-corrected chi connectivity index (χ1v) is 12.0. The van der Waals surface area contributed by atoms with E-state index in [1.165, 1.54) is 5.56 Å². The molecule has 1 fully saturated rings. The first-order valence-electron chi connectivity index (χ1n) is 10.9. The highest BCUT2D eigenvalue weighted by Crippen LogP contribution is 2.42. The molecule has 0 radical (unpaired) electrons. The molecule has 170 valence electrons. The molecule has 1 aliphatic rings. The number of hydrogen-bond acceptors (Lipinski definition) is 4. The average molecular weight is 461 g/mol. The van der Waals surface area contributed by atoms with E-state index in [9.17, 15) is 9.59 Å². The molecule has 0 spiro atoms. The number of anilines is 2. The summed E-state index contributed by atoms with van der Waals surface area (Å²) in [6.07, 6.45) is 0. The molecule has 1 aliphatic heterocycles. The number of carbonyl (C=O) groups excluding carboxylic acids is 2. The zero-order chi connectivity index (χ0) is 23.4. The van der Waals surface area contributed by atoms with Crippen molar-refractivity contribution in [3.05, 3.63) is 90.0 Å². The van der Waals surface area contributed by atoms with Crippen LogP contribution in [0.1, 0.15) is 37.3 Å². The molecule has 3 aromatic rings. The Morgan fingerprint density at radius 1 is 1.03 bits per heavy atom. The minimum absolute atomic E-state index is 0.0540. The highest BCUT2D eigenvalue weighted by atomic mass is 32.2. The summed E-state index contributed by atoms with van der Waals surface area (Å²) in [6, 6.07) is 25.1. The zero-order valence-corrected chi connectivity index (χ0v) is 19.9. The van der Waals surface area contributed by atoms with E-state index in [-0.39, 0.29) is 29.2 Å². The van der Waals surface area contributed by atoms with Gasteiger partial charge in [0.05, 0.1) is 5.75 Å². The molecule has 6 heteroatoms. The Hall–Kier alpha value is -3.25. The van der Waals surface area contributed by atoms with E-state index in [0.717, 1.165) is 11.3 Å². The van der Waals surface area contributed by atoms with Gasteiger partial charge in [0.1, 0.15) is 11.1 Å². The maximum absolute atomic E-state index is 12.7. The summed E-state index contributed by atoms with van der Waals surface area (Å²) in [5.74, 6) is 0.920. The molecule has 2 amide bonds. The van der Waals surface area contributed by atoms with Crippen molar-refractivity contribution in [2.24, 2.45) is 0 Å². The van der Waals surface area contributed by atoms with Crippen molar-refractivity contribution in [3.63, 3.8) is 0 Å². The van der Waals surface area contributed by atoms with Crippen LogP contribution in [0.3, 0.4) is 0 Å². The number of nitrogens with one attached hydrogen (secondary N) is 1. The van der Waals surface area contributed by atoms with Gasteiger partial charge in [0.15, 0.2) is 6.61 Å². The van der Waals surface area contributed by atoms with Crippen molar-refractivity contribution in [1.29, 1.82) is 0 Å². The fourth-order valence-corrected chi connectivity index (χ4v) is 4.87. The quantitative estimate of drug-likeness (QED) is 0.507. The van der Waals surface area contributed by atoms with E-state index in [2.05, 4.69) is 38.2 Å². The summed E-state index contributed by atoms with van der Waals surface area (Å²) >= 11 is 1.59. The van der Waals surface area contributed by atoms with Gasteiger partial charge in [-0.3, -0.25) is 14.5 Å². The Kier molecular flexibility index (Phi) is 6.75. The van der Waals surface area contributed by atoms with Gasteiger partial charge in [0.25, 0.3) is 5.91 Å². The lowest BCUT2D eigenvalue weighted by molar-refractivity contribution is -0.118. The van der Waals surface area contributed by atoms with Crippen LogP contribution in [0.25, 0.3) is 0 Å². The fourth-order valence-electron chi connectivity index (χ4n) is 3.70. The molecule has 3 aromatic carbocycles. The lowest BCUT2D eigenvalue weighted by Gasteiger charge is -2.26. The molecule has 0 aromatic heterocycles. The van der Waals surface area contributed by atoms with Gasteiger partial charge >= 0.3 is 0 Å². The van der Waals surface area contributed by atoms with Gasteiger partial charge in [-0.05, 0) is 52.9 Å². The van der Waals surface area contributed by atoms with Gasteiger partial charge in [-0.1, -0.05) is 63.2 Å². The number of hydrogen-bond donors (Lipinski definition) is 1. The smallest absolute Gasteiger partial charge is 0.262 e. The van der Waals surface area contributed by atoms with Crippen molar-refractivity contribution in [3.8, 4) is 5.75 Å². The van der Waals surface area contributed by atoms with Gasteiger partial charge in [-0.2, -0.15) is 0 Å². The van der Waals surface area contributed by atoms with E-state index in [1.807, 2.05) is 71.6 Å². The van der Waals surface area contributed by atoms with Crippen LogP contribution in [0.5, 0.6) is 5.75 Å². The second-order valence-electron chi connectivity index (χ2n) is 9.00. The predicted molar refractivity (Wildman–Crippen MR) is 135 cm³/mol. The number of benzene rings is 3. The maximum atomic E-state index is 12.7. The fraction of sp³-hybridized carbons (Fsp3) is 0.259. The van der Waals surface area contributed by atoms with Gasteiger partial charge < -0.3 is 10.1 Å². The predicted octanol–water partition coefficient (Wildman–Crippen LogP) is 5.78. The molecule has 0 bridgehead atoms. The molecule has 1 unspecified atom stereocenters. The Morgan fingerprint density at radius 3 is 2.45 bits per heavy atom. The minimum Gasteiger partial charge on any atom is -0.484 e. The van der Waals surface area contributed by atoms with Gasteiger partial charge in [-0.25, -0.2) is 0 Å². The number of rotatable bonds is 6. The average Bonchev–Trinajstić information content (AvgIpc) is 3.19. The van der Waals surface area contributed by atoms with E-state index < -0.39 is 0 Å². The first-order chi connectivity index (χ1) is 15.8. The zero-order valence-electron chi connectivity index (χ0n) is 19.1. The van der Waals surface area contributed by atoms with Crippen LogP contribution in [-0.4, -0.2) is 24.2 Å². The highest BCUT2D eigenvalue weighted by Gasteiger charge is 2.34. The summed E-state index contributed by atoms with van der Waals surface area (Å²) in [5.41, 5.74) is 3.81. The number of amides is 2. The Labute approximate surface area is 199 Å². The number of ether oxygens (including phenoxy) is 1. The highest BCUT2D eigenvalue weighted by molar-refractivity contribution is 8.00. The van der Waals surface area contributed by atoms with Gasteiger partial charge in [-0.15, -0.1) is 11.8 Å². The van der Waals surface area contributed by atoms with Crippen molar-refractivity contribution in [2.45, 2.75) is 31.6 Å². The van der Waals surface area contributed by atoms with Crippen LogP contribution < -0.4 is 15.0 Å². The van der Waals surface area contributed by atoms with E-state index in [1.54, 1.807) is 11.8 Å². The van der Waals surface area contributed by atoms with E-state index in [0.29, 0.717) is 17.2 Å². The second kappa shape index (κ2) is 9.71. The first kappa shape index (κ1) is 22.9. The summed E-state index contributed by atoms with van der Waals surface area (Å²) in [5, 5.41) is 2.75. The van der Waals surface area contributed by atoms with E-state index in [4.69, 9.17) is 4.74 Å². The van der Waals surface area contributed by atoms with Crippen LogP contribution in [0.2, 0.25) is 0 Å². The topological polar surface area (TPSA) is 58.6 Å². The maximum Gasteiger partial charge on any atom is 0.262 e. The Balaban J connectivity index is 1.47. The molecule has 0 aliphatic carbocycles. The standard InChI is InChI=1S/C27H28N2O3S/c1-27(2,3)20-12-14-22(15-13-20)29-25(31)18-33-26(29)19-8-7-9-21(16-19)28-24(30)17-32-23-10-5-4-6-11-23/h4-16,26H,17-18H2,1-3H3,(H,28,30). The van der Waals surface area contributed by atoms with Crippen molar-refractivity contribution >= 4 is 35.0 Å². The summed E-state index contributed by atoms with van der Waals surface area (Å²) < 4.78 is 5.52. The van der Waals surface area contributed by atoms with Gasteiger partial charge in [0, 0.05) is 11.4 Å². The van der Waals surface area contributed by atoms with Crippen LogP contribution in [0.15, 0.2) is 78.9 Å². The number of para-hydroxylation sites is 1. The molecule has 1 N–H and O–H groups in total. The number of nitrogens with zero attached hydrogens (tertiary/aromatic N) is 1. The number of thioether (sulfide) groups is 1. The minimum atomic E-state index is -0.235. The lowest BCUT2D eigenvalue weighted by Crippen LogP contribution is -2.28. The van der Waals surface area contributed by atoms with Crippen molar-refractivity contribution in [2.75, 3.05) is 22.6 Å². The Morgan fingerprint density at radius 2 is 1.76 bits per heavy atom. The molecule has 1 saturated heterocycles. The summed E-state index contributed by atoms with van der Waals surface area (Å²) in [4.78, 5) is 26.9. The molecule has 1 atom stereocenters. The lowest BCUT2D eigenvalue weighted by atomic mass is 9.87. The molecule has 1 heterocycles. The summed E-state index contributed by atoms with van der Waals surface area (Å²) in [7, 11) is 0. The third kappa shape index (κ3) is 5.57. The van der Waals surface area contributed by atoms with E-state index >= 15 is 0 Å². The second-order valence-corrected chi connectivity index (χ2v) is 10.1. The van der Waals surface area contributed by atoms with Crippen LogP contribution in [0.4, 0.5) is 11.4 Å². The van der Waals surface area contributed by atoms with Crippen molar-refractivity contribution < 1.29 is 14.3 Å². The molecule has 5 nitrogen and oxygen atoms in total. The SMILES string of the molecule is CC(C)(C)c1ccc(N2C(=O)CSC2c2cccc(NC(=O)COc3ccccc3)c2)cc1. The molecule has 4 rings (SSSR count). The normalized spacial score (nSPS) is 16.0. The van der Waals surface area contributed by atoms with Crippen LogP contribution in [-0.2, 0) is 15.0 Å². The molecular formula is C27H28N2O3S. The molecular weight excluding hydrogens is 432 g/mol. The number of carbonyl (C=O) groups is 2. The Bertz CT molecular complexity index is 1120.